The van der Waals surface area contributed by atoms with Gasteiger partial charge in [-0.05, 0) is 25.2 Å². The summed E-state index contributed by atoms with van der Waals surface area (Å²) in [5.41, 5.74) is 1.27. The largest absolute Gasteiger partial charge is 0.300 e. The van der Waals surface area contributed by atoms with E-state index in [2.05, 4.69) is 32.4 Å². The molecule has 0 spiro atoms. The van der Waals surface area contributed by atoms with Gasteiger partial charge in [-0.3, -0.25) is 10.1 Å². The Bertz CT molecular complexity index is 811. The maximum absolute atomic E-state index is 12.3. The van der Waals surface area contributed by atoms with Crippen molar-refractivity contribution in [2.45, 2.75) is 60.8 Å². The second-order valence-electron chi connectivity index (χ2n) is 6.77. The first-order valence-electron chi connectivity index (χ1n) is 8.90. The fraction of sp³-hybridized carbons (Fsp3) is 0.588. The lowest BCUT2D eigenvalue weighted by Crippen LogP contribution is -2.21. The summed E-state index contributed by atoms with van der Waals surface area (Å²) in [6.07, 6.45) is 6.16. The molecule has 2 aliphatic rings. The Morgan fingerprint density at radius 2 is 2.23 bits per heavy atom. The molecule has 0 saturated heterocycles. The zero-order chi connectivity index (χ0) is 18.1. The van der Waals surface area contributed by atoms with Crippen LogP contribution in [0.5, 0.6) is 0 Å². The van der Waals surface area contributed by atoms with Crippen LogP contribution in [0.4, 0.5) is 5.13 Å². The molecular weight excluding hydrogens is 386 g/mol. The van der Waals surface area contributed by atoms with E-state index in [1.807, 2.05) is 18.7 Å². The van der Waals surface area contributed by atoms with E-state index in [1.54, 1.807) is 6.33 Å². The van der Waals surface area contributed by atoms with Crippen molar-refractivity contribution in [1.82, 2.24) is 20.2 Å². The molecule has 138 valence electrons. The Morgan fingerprint density at radius 1 is 1.35 bits per heavy atom. The zero-order valence-electron chi connectivity index (χ0n) is 14.8. The fourth-order valence-corrected chi connectivity index (χ4v) is 6.82. The first-order chi connectivity index (χ1) is 12.6. The number of amides is 1. The molecular formula is C17H21N5OS3. The number of thioether (sulfide) groups is 2. The molecule has 1 fully saturated rings. The predicted octanol–water partition coefficient (Wildman–Crippen LogP) is 4.00. The molecule has 1 aliphatic heterocycles. The SMILES string of the molecule is CCc1nnc(NC(=O)CSc2ncnc3c2C2CCC(C)CC2S3)s1. The van der Waals surface area contributed by atoms with Gasteiger partial charge in [-0.25, -0.2) is 9.97 Å². The molecule has 2 aromatic rings. The van der Waals surface area contributed by atoms with E-state index in [9.17, 15) is 4.79 Å². The number of carbonyl (C=O) groups is 1. The molecule has 0 aromatic carbocycles. The molecule has 0 bridgehead atoms. The van der Waals surface area contributed by atoms with Gasteiger partial charge in [0, 0.05) is 16.7 Å². The maximum Gasteiger partial charge on any atom is 0.236 e. The third-order valence-corrected chi connectivity index (χ3v) is 8.21. The van der Waals surface area contributed by atoms with Gasteiger partial charge in [0.1, 0.15) is 21.4 Å². The number of hydrogen-bond donors (Lipinski definition) is 1. The van der Waals surface area contributed by atoms with E-state index < -0.39 is 0 Å². The number of nitrogens with zero attached hydrogens (tertiary/aromatic N) is 4. The quantitative estimate of drug-likeness (QED) is 0.592. The van der Waals surface area contributed by atoms with Crippen LogP contribution < -0.4 is 5.32 Å². The minimum Gasteiger partial charge on any atom is -0.300 e. The molecule has 0 radical (unpaired) electrons. The van der Waals surface area contributed by atoms with E-state index in [-0.39, 0.29) is 5.91 Å². The van der Waals surface area contributed by atoms with Crippen molar-refractivity contribution < 1.29 is 4.79 Å². The summed E-state index contributed by atoms with van der Waals surface area (Å²) in [4.78, 5) is 21.3. The molecule has 4 rings (SSSR count). The number of nitrogens with one attached hydrogen (secondary N) is 1. The van der Waals surface area contributed by atoms with Gasteiger partial charge < -0.3 is 0 Å². The molecule has 1 aliphatic carbocycles. The van der Waals surface area contributed by atoms with Crippen molar-refractivity contribution in [2.75, 3.05) is 11.1 Å². The standard InChI is InChI=1S/C17H21N5OS3/c1-3-13-21-22-17(26-13)20-12(23)7-24-15-14-10-5-4-9(2)6-11(10)25-16(14)19-8-18-15/h8-11H,3-7H2,1-2H3,(H,20,22,23). The van der Waals surface area contributed by atoms with Crippen LogP contribution in [-0.2, 0) is 11.2 Å². The van der Waals surface area contributed by atoms with Gasteiger partial charge >= 0.3 is 0 Å². The molecule has 1 N–H and O–H groups in total. The first-order valence-corrected chi connectivity index (χ1v) is 11.6. The highest BCUT2D eigenvalue weighted by molar-refractivity contribution is 8.01. The molecule has 6 nitrogen and oxygen atoms in total. The van der Waals surface area contributed by atoms with E-state index in [0.29, 0.717) is 22.1 Å². The topological polar surface area (TPSA) is 80.7 Å². The van der Waals surface area contributed by atoms with Crippen LogP contribution >= 0.6 is 34.9 Å². The van der Waals surface area contributed by atoms with Gasteiger partial charge in [0.2, 0.25) is 11.0 Å². The number of rotatable bonds is 5. The molecule has 3 heterocycles. The average Bonchev–Trinajstić information content (AvgIpc) is 3.23. The Balaban J connectivity index is 1.42. The lowest BCUT2D eigenvalue weighted by molar-refractivity contribution is -0.113. The smallest absolute Gasteiger partial charge is 0.236 e. The Labute approximate surface area is 165 Å². The van der Waals surface area contributed by atoms with Crippen LogP contribution in [0.3, 0.4) is 0 Å². The summed E-state index contributed by atoms with van der Waals surface area (Å²) in [7, 11) is 0. The van der Waals surface area contributed by atoms with Crippen molar-refractivity contribution in [1.29, 1.82) is 0 Å². The van der Waals surface area contributed by atoms with Crippen molar-refractivity contribution in [3.05, 3.63) is 16.9 Å². The maximum atomic E-state index is 12.3. The van der Waals surface area contributed by atoms with Gasteiger partial charge in [0.15, 0.2) is 0 Å². The molecule has 9 heteroatoms. The van der Waals surface area contributed by atoms with E-state index in [4.69, 9.17) is 0 Å². The predicted molar refractivity (Wildman–Crippen MR) is 106 cm³/mol. The summed E-state index contributed by atoms with van der Waals surface area (Å²) < 4.78 is 0. The minimum absolute atomic E-state index is 0.0689. The zero-order valence-corrected chi connectivity index (χ0v) is 17.2. The monoisotopic (exact) mass is 407 g/mol. The second kappa shape index (κ2) is 7.82. The van der Waals surface area contributed by atoms with Crippen molar-refractivity contribution in [2.24, 2.45) is 5.92 Å². The van der Waals surface area contributed by atoms with Crippen LogP contribution in [0, 0.1) is 5.92 Å². The van der Waals surface area contributed by atoms with E-state index in [0.717, 1.165) is 27.4 Å². The van der Waals surface area contributed by atoms with Crippen LogP contribution in [0.15, 0.2) is 16.4 Å². The van der Waals surface area contributed by atoms with Crippen molar-refractivity contribution >= 4 is 45.9 Å². The molecule has 2 aromatic heterocycles. The molecule has 26 heavy (non-hydrogen) atoms. The Kier molecular flexibility index (Phi) is 5.47. The van der Waals surface area contributed by atoms with Gasteiger partial charge in [-0.2, -0.15) is 0 Å². The van der Waals surface area contributed by atoms with Crippen LogP contribution in [-0.4, -0.2) is 37.1 Å². The lowest BCUT2D eigenvalue weighted by Gasteiger charge is -2.29. The number of anilines is 1. The van der Waals surface area contributed by atoms with Gasteiger partial charge in [0.05, 0.1) is 5.75 Å². The normalized spacial score (nSPS) is 24.2. The highest BCUT2D eigenvalue weighted by Crippen LogP contribution is 2.54. The average molecular weight is 408 g/mol. The minimum atomic E-state index is -0.0689. The van der Waals surface area contributed by atoms with Crippen molar-refractivity contribution in [3.63, 3.8) is 0 Å². The molecule has 3 atom stereocenters. The number of aryl methyl sites for hydroxylation is 1. The molecule has 3 unspecified atom stereocenters. The molecule has 1 saturated carbocycles. The fourth-order valence-electron chi connectivity index (χ4n) is 3.56. The summed E-state index contributed by atoms with van der Waals surface area (Å²) in [6, 6.07) is 0. The second-order valence-corrected chi connectivity index (χ2v) is 10.0. The number of fused-ring (bicyclic) bond motifs is 3. The highest BCUT2D eigenvalue weighted by Gasteiger charge is 2.40. The van der Waals surface area contributed by atoms with Gasteiger partial charge in [-0.15, -0.1) is 22.0 Å². The van der Waals surface area contributed by atoms with Gasteiger partial charge in [0.25, 0.3) is 0 Å². The Hall–Kier alpha value is -1.19. The summed E-state index contributed by atoms with van der Waals surface area (Å²) in [5.74, 6) is 1.57. The number of carbonyl (C=O) groups excluding carboxylic acids is 1. The van der Waals surface area contributed by atoms with Gasteiger partial charge in [-0.1, -0.05) is 43.4 Å². The number of hydrogen-bond acceptors (Lipinski definition) is 8. The third kappa shape index (κ3) is 3.75. The van der Waals surface area contributed by atoms with Crippen LogP contribution in [0.2, 0.25) is 0 Å². The lowest BCUT2D eigenvalue weighted by atomic mass is 9.80. The Morgan fingerprint density at radius 3 is 3.04 bits per heavy atom. The van der Waals surface area contributed by atoms with E-state index in [1.165, 1.54) is 47.9 Å². The third-order valence-electron chi connectivity index (χ3n) is 4.85. The van der Waals surface area contributed by atoms with E-state index >= 15 is 0 Å². The molecule has 1 amide bonds. The van der Waals surface area contributed by atoms with Crippen LogP contribution in [0.1, 0.15) is 49.6 Å². The summed E-state index contributed by atoms with van der Waals surface area (Å²) in [5, 5.41) is 15.1. The first kappa shape index (κ1) is 18.2. The van der Waals surface area contributed by atoms with Crippen molar-refractivity contribution in [3.8, 4) is 0 Å². The van der Waals surface area contributed by atoms with Crippen LogP contribution in [0.25, 0.3) is 0 Å². The summed E-state index contributed by atoms with van der Waals surface area (Å²) >= 11 is 4.83. The summed E-state index contributed by atoms with van der Waals surface area (Å²) in [6.45, 7) is 4.36. The number of aromatic nitrogens is 4. The highest BCUT2D eigenvalue weighted by atomic mass is 32.2.